The van der Waals surface area contributed by atoms with Gasteiger partial charge >= 0.3 is 0 Å². The van der Waals surface area contributed by atoms with E-state index in [9.17, 15) is 4.79 Å². The van der Waals surface area contributed by atoms with Gasteiger partial charge < -0.3 is 15.8 Å². The van der Waals surface area contributed by atoms with Gasteiger partial charge in [-0.25, -0.2) is 4.98 Å². The number of carbonyl (C=O) groups excluding carboxylic acids is 1. The molecule has 4 rings (SSSR count). The highest BCUT2D eigenvalue weighted by Crippen LogP contribution is 2.35. The van der Waals surface area contributed by atoms with E-state index in [1.165, 1.54) is 22.5 Å². The Morgan fingerprint density at radius 3 is 2.92 bits per heavy atom. The van der Waals surface area contributed by atoms with Crippen molar-refractivity contribution in [1.82, 2.24) is 10.3 Å². The van der Waals surface area contributed by atoms with E-state index < -0.39 is 0 Å². The van der Waals surface area contributed by atoms with Crippen LogP contribution in [0.5, 0.6) is 0 Å². The zero-order valence-corrected chi connectivity index (χ0v) is 15.2. The average molecular weight is 355 g/mol. The van der Waals surface area contributed by atoms with Crippen LogP contribution in [0.15, 0.2) is 18.2 Å². The Hall–Kier alpha value is -2.18. The minimum absolute atomic E-state index is 0.117. The van der Waals surface area contributed by atoms with Crippen LogP contribution in [0.1, 0.15) is 33.6 Å². The van der Waals surface area contributed by atoms with Crippen molar-refractivity contribution in [1.29, 1.82) is 0 Å². The Bertz CT molecular complexity index is 974. The molecule has 25 heavy (non-hydrogen) atoms. The zero-order chi connectivity index (χ0) is 17.6. The molecular weight excluding hydrogens is 334 g/mol. The number of nitrogens with zero attached hydrogens (tertiary/aromatic N) is 1. The van der Waals surface area contributed by atoms with Crippen LogP contribution in [0, 0.1) is 13.8 Å². The molecule has 1 atom stereocenters. The van der Waals surface area contributed by atoms with Crippen LogP contribution in [0.25, 0.3) is 21.1 Å². The summed E-state index contributed by atoms with van der Waals surface area (Å²) in [5, 5.41) is 4.84. The summed E-state index contributed by atoms with van der Waals surface area (Å²) < 4.78 is 5.55. The van der Waals surface area contributed by atoms with Gasteiger partial charge in [-0.3, -0.25) is 4.79 Å². The number of amides is 1. The van der Waals surface area contributed by atoms with Crippen LogP contribution in [-0.2, 0) is 4.74 Å². The molecule has 0 aliphatic carbocycles. The number of fused-ring (bicyclic) bond motifs is 2. The zero-order valence-electron chi connectivity index (χ0n) is 14.4. The number of pyridine rings is 1. The number of hydrogen-bond acceptors (Lipinski definition) is 5. The largest absolute Gasteiger partial charge is 0.397 e. The third-order valence-electron chi connectivity index (χ3n) is 4.85. The maximum atomic E-state index is 12.5. The summed E-state index contributed by atoms with van der Waals surface area (Å²) in [6.07, 6.45) is 2.17. The summed E-state index contributed by atoms with van der Waals surface area (Å²) in [4.78, 5) is 18.6. The first-order valence-corrected chi connectivity index (χ1v) is 9.34. The second kappa shape index (κ2) is 6.28. The number of hydrogen-bond donors (Lipinski definition) is 2. The minimum Gasteiger partial charge on any atom is -0.397 e. The number of thiophene rings is 1. The molecule has 1 saturated heterocycles. The molecule has 1 aromatic carbocycles. The van der Waals surface area contributed by atoms with Gasteiger partial charge in [0.25, 0.3) is 5.91 Å². The maximum absolute atomic E-state index is 12.5. The predicted molar refractivity (Wildman–Crippen MR) is 102 cm³/mol. The SMILES string of the molecule is Cc1cc2cc3c(N)c(C(=O)NC[C@H]4CCCO4)sc3nc2cc1C. The van der Waals surface area contributed by atoms with Crippen molar-refractivity contribution >= 4 is 44.1 Å². The number of aromatic nitrogens is 1. The Kier molecular flexibility index (Phi) is 4.09. The fraction of sp³-hybridized carbons (Fsp3) is 0.368. The topological polar surface area (TPSA) is 77.2 Å². The first kappa shape index (κ1) is 16.3. The summed E-state index contributed by atoms with van der Waals surface area (Å²) >= 11 is 1.35. The van der Waals surface area contributed by atoms with Gasteiger partial charge in [-0.2, -0.15) is 0 Å². The molecule has 0 bridgehead atoms. The molecule has 5 nitrogen and oxygen atoms in total. The second-order valence-electron chi connectivity index (χ2n) is 6.66. The summed E-state index contributed by atoms with van der Waals surface area (Å²) in [6, 6.07) is 6.23. The van der Waals surface area contributed by atoms with Crippen LogP contribution < -0.4 is 11.1 Å². The lowest BCUT2D eigenvalue weighted by molar-refractivity contribution is 0.0862. The van der Waals surface area contributed by atoms with Crippen LogP contribution in [0.4, 0.5) is 5.69 Å². The van der Waals surface area contributed by atoms with Gasteiger partial charge in [0.05, 0.1) is 17.3 Å². The van der Waals surface area contributed by atoms with Crippen molar-refractivity contribution in [3.8, 4) is 0 Å². The highest BCUT2D eigenvalue weighted by molar-refractivity contribution is 7.21. The lowest BCUT2D eigenvalue weighted by Crippen LogP contribution is -2.31. The normalized spacial score (nSPS) is 17.4. The highest BCUT2D eigenvalue weighted by Gasteiger charge is 2.21. The molecule has 1 aliphatic heterocycles. The number of nitrogens with one attached hydrogen (secondary N) is 1. The Morgan fingerprint density at radius 2 is 2.16 bits per heavy atom. The van der Waals surface area contributed by atoms with Crippen molar-refractivity contribution in [2.45, 2.75) is 32.8 Å². The van der Waals surface area contributed by atoms with Gasteiger partial charge in [-0.1, -0.05) is 0 Å². The van der Waals surface area contributed by atoms with Gasteiger partial charge in [0.15, 0.2) is 0 Å². The molecule has 1 amide bonds. The molecule has 0 spiro atoms. The predicted octanol–water partition coefficient (Wildman–Crippen LogP) is 3.56. The smallest absolute Gasteiger partial charge is 0.263 e. The first-order valence-electron chi connectivity index (χ1n) is 8.52. The molecule has 1 fully saturated rings. The number of ether oxygens (including phenoxy) is 1. The third kappa shape index (κ3) is 2.96. The molecule has 130 valence electrons. The molecule has 0 saturated carbocycles. The molecule has 3 N–H and O–H groups in total. The van der Waals surface area contributed by atoms with Crippen LogP contribution >= 0.6 is 11.3 Å². The lowest BCUT2D eigenvalue weighted by Gasteiger charge is -2.10. The van der Waals surface area contributed by atoms with E-state index in [0.717, 1.165) is 40.6 Å². The molecule has 3 aromatic rings. The van der Waals surface area contributed by atoms with Gasteiger partial charge in [-0.15, -0.1) is 11.3 Å². The van der Waals surface area contributed by atoms with Gasteiger partial charge in [0, 0.05) is 23.9 Å². The summed E-state index contributed by atoms with van der Waals surface area (Å²) in [5.74, 6) is -0.146. The summed E-state index contributed by atoms with van der Waals surface area (Å²) in [5.41, 5.74) is 10.1. The van der Waals surface area contributed by atoms with E-state index in [2.05, 4.69) is 31.3 Å². The summed E-state index contributed by atoms with van der Waals surface area (Å²) in [7, 11) is 0. The molecule has 3 heterocycles. The van der Waals surface area contributed by atoms with E-state index in [0.29, 0.717) is 17.1 Å². The van der Waals surface area contributed by atoms with Crippen LogP contribution in [0.2, 0.25) is 0 Å². The van der Waals surface area contributed by atoms with E-state index in [4.69, 9.17) is 15.5 Å². The Balaban J connectivity index is 1.68. The first-order chi connectivity index (χ1) is 12.0. The minimum atomic E-state index is -0.146. The van der Waals surface area contributed by atoms with Gasteiger partial charge in [-0.05, 0) is 56.0 Å². The van der Waals surface area contributed by atoms with E-state index in [1.807, 2.05) is 6.07 Å². The molecule has 1 aliphatic rings. The van der Waals surface area contributed by atoms with Crippen molar-refractivity contribution in [2.24, 2.45) is 0 Å². The number of aryl methyl sites for hydroxylation is 2. The van der Waals surface area contributed by atoms with Crippen molar-refractivity contribution < 1.29 is 9.53 Å². The quantitative estimate of drug-likeness (QED) is 0.753. The number of nitrogen functional groups attached to an aromatic ring is 1. The molecule has 0 unspecified atom stereocenters. The second-order valence-corrected chi connectivity index (χ2v) is 7.66. The number of anilines is 1. The molecule has 6 heteroatoms. The summed E-state index contributed by atoms with van der Waals surface area (Å²) in [6.45, 7) is 5.47. The van der Waals surface area contributed by atoms with Crippen LogP contribution in [0.3, 0.4) is 0 Å². The Morgan fingerprint density at radius 1 is 1.36 bits per heavy atom. The monoisotopic (exact) mass is 355 g/mol. The van der Waals surface area contributed by atoms with E-state index >= 15 is 0 Å². The van der Waals surface area contributed by atoms with Gasteiger partial charge in [0.1, 0.15) is 9.71 Å². The molecule has 0 radical (unpaired) electrons. The van der Waals surface area contributed by atoms with Crippen molar-refractivity contribution in [3.05, 3.63) is 34.2 Å². The molecular formula is C19H21N3O2S. The average Bonchev–Trinajstić information content (AvgIpc) is 3.21. The molecule has 2 aromatic heterocycles. The lowest BCUT2D eigenvalue weighted by atomic mass is 10.1. The number of carbonyl (C=O) groups is 1. The van der Waals surface area contributed by atoms with E-state index in [-0.39, 0.29) is 12.0 Å². The Labute approximate surface area is 150 Å². The third-order valence-corrected chi connectivity index (χ3v) is 5.96. The fourth-order valence-electron chi connectivity index (χ4n) is 3.23. The van der Waals surface area contributed by atoms with Crippen molar-refractivity contribution in [3.63, 3.8) is 0 Å². The number of nitrogens with two attached hydrogens (primary N) is 1. The fourth-order valence-corrected chi connectivity index (χ4v) is 4.23. The maximum Gasteiger partial charge on any atom is 0.263 e. The highest BCUT2D eigenvalue weighted by atomic mass is 32.1. The number of benzene rings is 1. The standard InChI is InChI=1S/C19H21N3O2S/c1-10-6-12-8-14-16(20)17(18(23)21-9-13-4-3-5-24-13)25-19(14)22-15(12)7-11(10)2/h6-8,13H,3-5,9,20H2,1-2H3,(H,21,23)/t13-/m1/s1. The van der Waals surface area contributed by atoms with Crippen molar-refractivity contribution in [2.75, 3.05) is 18.9 Å². The number of rotatable bonds is 3. The van der Waals surface area contributed by atoms with Gasteiger partial charge in [0.2, 0.25) is 0 Å². The van der Waals surface area contributed by atoms with E-state index in [1.54, 1.807) is 0 Å². The van der Waals surface area contributed by atoms with Crippen LogP contribution in [-0.4, -0.2) is 30.1 Å².